The number of imidazole rings is 1. The second-order valence-electron chi connectivity index (χ2n) is 4.64. The highest BCUT2D eigenvalue weighted by Gasteiger charge is 2.10. The van der Waals surface area contributed by atoms with Crippen LogP contribution in [-0.4, -0.2) is 16.6 Å². The Bertz CT molecular complexity index is 719. The first kappa shape index (κ1) is 12.5. The Balaban J connectivity index is 1.92. The maximum Gasteiger partial charge on any atom is 0.203 e. The molecule has 1 N–H and O–H groups in total. The normalized spacial score (nSPS) is 10.7. The van der Waals surface area contributed by atoms with Gasteiger partial charge in [-0.2, -0.15) is 0 Å². The van der Waals surface area contributed by atoms with Gasteiger partial charge in [0.25, 0.3) is 0 Å². The molecule has 0 fully saturated rings. The van der Waals surface area contributed by atoms with Crippen LogP contribution >= 0.6 is 0 Å². The lowest BCUT2D eigenvalue weighted by molar-refractivity contribution is 0.309. The number of para-hydroxylation sites is 1. The molecule has 0 saturated heterocycles. The largest absolute Gasteiger partial charge is 0.487 e. The van der Waals surface area contributed by atoms with E-state index in [1.165, 1.54) is 0 Å². The maximum atomic E-state index is 5.91. The van der Waals surface area contributed by atoms with Gasteiger partial charge in [0.2, 0.25) is 5.95 Å². The Morgan fingerprint density at radius 1 is 1.10 bits per heavy atom. The number of aryl methyl sites for hydroxylation is 1. The van der Waals surface area contributed by atoms with Crippen LogP contribution < -0.4 is 10.1 Å². The maximum absolute atomic E-state index is 5.91. The molecule has 0 amide bonds. The molecule has 3 aromatic rings. The molecule has 0 radical (unpaired) electrons. The van der Waals surface area contributed by atoms with Gasteiger partial charge in [-0.15, -0.1) is 0 Å². The van der Waals surface area contributed by atoms with E-state index in [1.807, 2.05) is 55.1 Å². The third-order valence-electron chi connectivity index (χ3n) is 3.34. The highest BCUT2D eigenvalue weighted by molar-refractivity contribution is 5.84. The number of benzene rings is 2. The minimum atomic E-state index is 0.547. The third kappa shape index (κ3) is 2.20. The summed E-state index contributed by atoms with van der Waals surface area (Å²) >= 11 is 0. The molecule has 3 rings (SSSR count). The van der Waals surface area contributed by atoms with Crippen LogP contribution in [0, 0.1) is 0 Å². The molecule has 0 saturated carbocycles. The van der Waals surface area contributed by atoms with E-state index in [-0.39, 0.29) is 0 Å². The van der Waals surface area contributed by atoms with Crippen molar-refractivity contribution < 1.29 is 4.74 Å². The number of nitrogens with one attached hydrogen (secondary N) is 1. The molecule has 0 bridgehead atoms. The number of fused-ring (bicyclic) bond motifs is 1. The van der Waals surface area contributed by atoms with Crippen molar-refractivity contribution in [1.82, 2.24) is 9.55 Å². The third-order valence-corrected chi connectivity index (χ3v) is 3.34. The fraction of sp³-hybridized carbons (Fsp3) is 0.188. The SMILES string of the molecule is CNc1nc2c(OCc3ccccc3)cccc2n1C. The molecular weight excluding hydrogens is 250 g/mol. The molecular formula is C16H17N3O. The predicted molar refractivity (Wildman–Crippen MR) is 81.0 cm³/mol. The van der Waals surface area contributed by atoms with E-state index in [2.05, 4.69) is 22.4 Å². The molecule has 0 atom stereocenters. The Labute approximate surface area is 118 Å². The molecule has 2 aromatic carbocycles. The van der Waals surface area contributed by atoms with E-state index in [1.54, 1.807) is 0 Å². The van der Waals surface area contributed by atoms with Crippen LogP contribution in [0.25, 0.3) is 11.0 Å². The van der Waals surface area contributed by atoms with Gasteiger partial charge in [0.15, 0.2) is 0 Å². The van der Waals surface area contributed by atoms with Crippen molar-refractivity contribution in [2.24, 2.45) is 7.05 Å². The fourth-order valence-electron chi connectivity index (χ4n) is 2.26. The lowest BCUT2D eigenvalue weighted by Gasteiger charge is -2.06. The average molecular weight is 267 g/mol. The number of aromatic nitrogens is 2. The number of anilines is 1. The summed E-state index contributed by atoms with van der Waals surface area (Å²) in [6.45, 7) is 0.547. The zero-order chi connectivity index (χ0) is 13.9. The first-order valence-electron chi connectivity index (χ1n) is 6.59. The number of ether oxygens (including phenoxy) is 1. The first-order valence-corrected chi connectivity index (χ1v) is 6.59. The number of hydrogen-bond acceptors (Lipinski definition) is 3. The van der Waals surface area contributed by atoms with Crippen LogP contribution in [0.4, 0.5) is 5.95 Å². The van der Waals surface area contributed by atoms with Crippen LogP contribution in [0.15, 0.2) is 48.5 Å². The van der Waals surface area contributed by atoms with Gasteiger partial charge in [0, 0.05) is 14.1 Å². The number of nitrogens with zero attached hydrogens (tertiary/aromatic N) is 2. The van der Waals surface area contributed by atoms with E-state index >= 15 is 0 Å². The molecule has 0 aliphatic heterocycles. The molecule has 0 aliphatic rings. The average Bonchev–Trinajstić information content (AvgIpc) is 2.83. The first-order chi connectivity index (χ1) is 9.79. The van der Waals surface area contributed by atoms with Crippen LogP contribution in [-0.2, 0) is 13.7 Å². The highest BCUT2D eigenvalue weighted by Crippen LogP contribution is 2.27. The monoisotopic (exact) mass is 267 g/mol. The number of hydrogen-bond donors (Lipinski definition) is 1. The zero-order valence-electron chi connectivity index (χ0n) is 11.6. The summed E-state index contributed by atoms with van der Waals surface area (Å²) in [4.78, 5) is 4.57. The van der Waals surface area contributed by atoms with Gasteiger partial charge in [-0.1, -0.05) is 36.4 Å². The van der Waals surface area contributed by atoms with Crippen molar-refractivity contribution in [2.75, 3.05) is 12.4 Å². The van der Waals surface area contributed by atoms with E-state index in [9.17, 15) is 0 Å². The van der Waals surface area contributed by atoms with Gasteiger partial charge in [0.05, 0.1) is 5.52 Å². The van der Waals surface area contributed by atoms with Gasteiger partial charge in [-0.3, -0.25) is 0 Å². The molecule has 4 heteroatoms. The standard InChI is InChI=1S/C16H17N3O/c1-17-16-18-15-13(19(16)2)9-6-10-14(15)20-11-12-7-4-3-5-8-12/h3-10H,11H2,1-2H3,(H,17,18). The number of rotatable bonds is 4. The van der Waals surface area contributed by atoms with Crippen molar-refractivity contribution >= 4 is 17.0 Å². The summed E-state index contributed by atoms with van der Waals surface area (Å²) in [5.41, 5.74) is 3.09. The lowest BCUT2D eigenvalue weighted by Crippen LogP contribution is -1.97. The molecule has 1 heterocycles. The summed E-state index contributed by atoms with van der Waals surface area (Å²) in [6.07, 6.45) is 0. The van der Waals surface area contributed by atoms with Crippen molar-refractivity contribution in [1.29, 1.82) is 0 Å². The van der Waals surface area contributed by atoms with Crippen LogP contribution in [0.3, 0.4) is 0 Å². The summed E-state index contributed by atoms with van der Waals surface area (Å²) < 4.78 is 7.93. The summed E-state index contributed by atoms with van der Waals surface area (Å²) in [7, 11) is 3.86. The summed E-state index contributed by atoms with van der Waals surface area (Å²) in [5.74, 6) is 1.64. The quantitative estimate of drug-likeness (QED) is 0.789. The Morgan fingerprint density at radius 2 is 1.90 bits per heavy atom. The fourth-order valence-corrected chi connectivity index (χ4v) is 2.26. The molecule has 0 spiro atoms. The lowest BCUT2D eigenvalue weighted by atomic mass is 10.2. The van der Waals surface area contributed by atoms with Crippen molar-refractivity contribution in [3.05, 3.63) is 54.1 Å². The predicted octanol–water partition coefficient (Wildman–Crippen LogP) is 3.19. The van der Waals surface area contributed by atoms with Crippen LogP contribution in [0.1, 0.15) is 5.56 Å². The minimum absolute atomic E-state index is 0.547. The Kier molecular flexibility index (Phi) is 3.29. The second kappa shape index (κ2) is 5.25. The van der Waals surface area contributed by atoms with Gasteiger partial charge < -0.3 is 14.6 Å². The summed E-state index contributed by atoms with van der Waals surface area (Å²) in [5, 5.41) is 3.08. The zero-order valence-corrected chi connectivity index (χ0v) is 11.6. The molecule has 20 heavy (non-hydrogen) atoms. The van der Waals surface area contributed by atoms with Gasteiger partial charge in [0.1, 0.15) is 17.9 Å². The smallest absolute Gasteiger partial charge is 0.203 e. The molecule has 1 aromatic heterocycles. The molecule has 4 nitrogen and oxygen atoms in total. The van der Waals surface area contributed by atoms with Crippen molar-refractivity contribution in [2.45, 2.75) is 6.61 Å². The highest BCUT2D eigenvalue weighted by atomic mass is 16.5. The molecule has 102 valence electrons. The van der Waals surface area contributed by atoms with E-state index in [0.29, 0.717) is 6.61 Å². The second-order valence-corrected chi connectivity index (χ2v) is 4.64. The van der Waals surface area contributed by atoms with E-state index in [4.69, 9.17) is 4.74 Å². The van der Waals surface area contributed by atoms with Gasteiger partial charge in [-0.05, 0) is 17.7 Å². The topological polar surface area (TPSA) is 39.1 Å². The van der Waals surface area contributed by atoms with Crippen molar-refractivity contribution in [3.63, 3.8) is 0 Å². The summed E-state index contributed by atoms with van der Waals surface area (Å²) in [6, 6.07) is 16.1. The molecule has 0 unspecified atom stereocenters. The van der Waals surface area contributed by atoms with Crippen LogP contribution in [0.5, 0.6) is 5.75 Å². The Morgan fingerprint density at radius 3 is 2.65 bits per heavy atom. The van der Waals surface area contributed by atoms with Gasteiger partial charge >= 0.3 is 0 Å². The van der Waals surface area contributed by atoms with E-state index < -0.39 is 0 Å². The van der Waals surface area contributed by atoms with Crippen molar-refractivity contribution in [3.8, 4) is 5.75 Å². The molecule has 0 aliphatic carbocycles. The Hall–Kier alpha value is -2.49. The van der Waals surface area contributed by atoms with Gasteiger partial charge in [-0.25, -0.2) is 4.98 Å². The van der Waals surface area contributed by atoms with Crippen LogP contribution in [0.2, 0.25) is 0 Å². The van der Waals surface area contributed by atoms with E-state index in [0.717, 1.165) is 28.3 Å². The minimum Gasteiger partial charge on any atom is -0.487 e.